The molecule has 4 heteroatoms. The van der Waals surface area contributed by atoms with Gasteiger partial charge in [0.1, 0.15) is 0 Å². The number of thiocarbonyl (C=S) groups is 1. The van der Waals surface area contributed by atoms with Gasteiger partial charge in [-0.1, -0.05) is 44.2 Å². The van der Waals surface area contributed by atoms with Gasteiger partial charge in [-0.25, -0.2) is 0 Å². The maximum absolute atomic E-state index is 9.26. The predicted molar refractivity (Wildman–Crippen MR) is 79.3 cm³/mol. The van der Waals surface area contributed by atoms with Crippen LogP contribution in [0.5, 0.6) is 0 Å². The van der Waals surface area contributed by atoms with Gasteiger partial charge in [0.05, 0.1) is 12.6 Å². The molecule has 0 radical (unpaired) electrons. The van der Waals surface area contributed by atoms with Crippen LogP contribution in [0.25, 0.3) is 0 Å². The molecule has 0 fully saturated rings. The van der Waals surface area contributed by atoms with Crippen molar-refractivity contribution >= 4 is 17.3 Å². The molecule has 100 valence electrons. The normalized spacial score (nSPS) is 12.2. The monoisotopic (exact) mass is 266 g/mol. The van der Waals surface area contributed by atoms with Gasteiger partial charge >= 0.3 is 0 Å². The molecule has 3 nitrogen and oxygen atoms in total. The van der Waals surface area contributed by atoms with Crippen molar-refractivity contribution in [2.75, 3.05) is 6.61 Å². The standard InChI is InChI=1S/C14H22N2OS/c1-11(2)8-13(10-17)16-14(18)15-9-12-6-4-3-5-7-12/h3-7,11,13,17H,8-10H2,1-2H3,(H2,15,16,18). The summed E-state index contributed by atoms with van der Waals surface area (Å²) in [6, 6.07) is 10.1. The van der Waals surface area contributed by atoms with E-state index in [0.717, 1.165) is 6.42 Å². The molecule has 0 aliphatic rings. The van der Waals surface area contributed by atoms with Gasteiger partial charge in [-0.3, -0.25) is 0 Å². The first kappa shape index (κ1) is 14.9. The second kappa shape index (κ2) is 8.06. The SMILES string of the molecule is CC(C)CC(CO)NC(=S)NCc1ccccc1. The summed E-state index contributed by atoms with van der Waals surface area (Å²) in [5.74, 6) is 0.534. The number of nitrogens with one attached hydrogen (secondary N) is 2. The van der Waals surface area contributed by atoms with E-state index in [1.807, 2.05) is 30.3 Å². The van der Waals surface area contributed by atoms with Gasteiger partial charge in [0.2, 0.25) is 0 Å². The molecule has 0 bridgehead atoms. The molecule has 1 unspecified atom stereocenters. The summed E-state index contributed by atoms with van der Waals surface area (Å²) >= 11 is 5.22. The molecule has 0 heterocycles. The Labute approximate surface area is 115 Å². The average molecular weight is 266 g/mol. The van der Waals surface area contributed by atoms with E-state index in [2.05, 4.69) is 24.5 Å². The Hall–Kier alpha value is -1.13. The minimum Gasteiger partial charge on any atom is -0.394 e. The number of rotatable bonds is 6. The van der Waals surface area contributed by atoms with Gasteiger partial charge in [0.25, 0.3) is 0 Å². The second-order valence-electron chi connectivity index (χ2n) is 4.82. The van der Waals surface area contributed by atoms with Gasteiger partial charge in [0, 0.05) is 6.54 Å². The van der Waals surface area contributed by atoms with E-state index in [-0.39, 0.29) is 12.6 Å². The van der Waals surface area contributed by atoms with Crippen LogP contribution in [0.15, 0.2) is 30.3 Å². The van der Waals surface area contributed by atoms with E-state index in [4.69, 9.17) is 12.2 Å². The molecular weight excluding hydrogens is 244 g/mol. The maximum Gasteiger partial charge on any atom is 0.166 e. The van der Waals surface area contributed by atoms with E-state index in [1.165, 1.54) is 5.56 Å². The van der Waals surface area contributed by atoms with Crippen molar-refractivity contribution in [2.45, 2.75) is 32.9 Å². The van der Waals surface area contributed by atoms with Crippen molar-refractivity contribution < 1.29 is 5.11 Å². The van der Waals surface area contributed by atoms with Gasteiger partial charge in [-0.2, -0.15) is 0 Å². The highest BCUT2D eigenvalue weighted by Gasteiger charge is 2.10. The molecule has 0 spiro atoms. The van der Waals surface area contributed by atoms with E-state index < -0.39 is 0 Å². The first-order chi connectivity index (χ1) is 8.61. The molecule has 1 aromatic rings. The Balaban J connectivity index is 2.32. The molecule has 0 aliphatic heterocycles. The Bertz CT molecular complexity index is 354. The Kier molecular flexibility index (Phi) is 6.68. The third kappa shape index (κ3) is 5.98. The lowest BCUT2D eigenvalue weighted by Crippen LogP contribution is -2.43. The highest BCUT2D eigenvalue weighted by molar-refractivity contribution is 7.80. The zero-order valence-electron chi connectivity index (χ0n) is 11.0. The molecule has 1 aromatic carbocycles. The van der Waals surface area contributed by atoms with E-state index in [9.17, 15) is 5.11 Å². The highest BCUT2D eigenvalue weighted by atomic mass is 32.1. The number of hydrogen-bond donors (Lipinski definition) is 3. The van der Waals surface area contributed by atoms with Crippen LogP contribution in [-0.2, 0) is 6.54 Å². The summed E-state index contributed by atoms with van der Waals surface area (Å²) in [4.78, 5) is 0. The molecule has 0 amide bonds. The van der Waals surface area contributed by atoms with Crippen molar-refractivity contribution in [3.8, 4) is 0 Å². The fourth-order valence-electron chi connectivity index (χ4n) is 1.76. The Morgan fingerprint density at radius 2 is 1.94 bits per heavy atom. The lowest BCUT2D eigenvalue weighted by molar-refractivity contribution is 0.238. The quantitative estimate of drug-likeness (QED) is 0.690. The summed E-state index contributed by atoms with van der Waals surface area (Å²) in [6.07, 6.45) is 0.906. The molecule has 1 rings (SSSR count). The minimum atomic E-state index is 0.0285. The van der Waals surface area contributed by atoms with Crippen molar-refractivity contribution in [1.29, 1.82) is 0 Å². The summed E-state index contributed by atoms with van der Waals surface area (Å²) < 4.78 is 0. The molecular formula is C14H22N2OS. The van der Waals surface area contributed by atoms with Gasteiger partial charge in [-0.05, 0) is 30.1 Å². The van der Waals surface area contributed by atoms with Crippen molar-refractivity contribution in [3.63, 3.8) is 0 Å². The molecule has 0 saturated carbocycles. The summed E-state index contributed by atoms with van der Waals surface area (Å²) in [5.41, 5.74) is 1.19. The summed E-state index contributed by atoms with van der Waals surface area (Å²) in [5, 5.41) is 16.1. The predicted octanol–water partition coefficient (Wildman–Crippen LogP) is 2.06. The number of benzene rings is 1. The fraction of sp³-hybridized carbons (Fsp3) is 0.500. The lowest BCUT2D eigenvalue weighted by Gasteiger charge is -2.20. The summed E-state index contributed by atoms with van der Waals surface area (Å²) in [6.45, 7) is 5.06. The van der Waals surface area contributed by atoms with Crippen LogP contribution in [0.3, 0.4) is 0 Å². The van der Waals surface area contributed by atoms with Crippen molar-refractivity contribution in [1.82, 2.24) is 10.6 Å². The van der Waals surface area contributed by atoms with Crippen LogP contribution < -0.4 is 10.6 Å². The van der Waals surface area contributed by atoms with Crippen molar-refractivity contribution in [3.05, 3.63) is 35.9 Å². The van der Waals surface area contributed by atoms with Crippen LogP contribution in [0.4, 0.5) is 0 Å². The van der Waals surface area contributed by atoms with Crippen LogP contribution in [0.1, 0.15) is 25.8 Å². The van der Waals surface area contributed by atoms with Crippen LogP contribution in [0, 0.1) is 5.92 Å². The van der Waals surface area contributed by atoms with Gasteiger partial charge < -0.3 is 15.7 Å². The van der Waals surface area contributed by atoms with E-state index in [0.29, 0.717) is 17.6 Å². The largest absolute Gasteiger partial charge is 0.394 e. The first-order valence-corrected chi connectivity index (χ1v) is 6.71. The zero-order chi connectivity index (χ0) is 13.4. The number of aliphatic hydroxyl groups is 1. The van der Waals surface area contributed by atoms with Gasteiger partial charge in [-0.15, -0.1) is 0 Å². The van der Waals surface area contributed by atoms with E-state index >= 15 is 0 Å². The van der Waals surface area contributed by atoms with Crippen LogP contribution in [-0.4, -0.2) is 22.9 Å². The van der Waals surface area contributed by atoms with Crippen LogP contribution >= 0.6 is 12.2 Å². The maximum atomic E-state index is 9.26. The Morgan fingerprint density at radius 1 is 1.28 bits per heavy atom. The number of aliphatic hydroxyl groups excluding tert-OH is 1. The molecule has 0 aromatic heterocycles. The molecule has 1 atom stereocenters. The van der Waals surface area contributed by atoms with E-state index in [1.54, 1.807) is 0 Å². The molecule has 0 aliphatic carbocycles. The van der Waals surface area contributed by atoms with Crippen LogP contribution in [0.2, 0.25) is 0 Å². The molecule has 3 N–H and O–H groups in total. The molecule has 18 heavy (non-hydrogen) atoms. The fourth-order valence-corrected chi connectivity index (χ4v) is 2.00. The van der Waals surface area contributed by atoms with Crippen molar-refractivity contribution in [2.24, 2.45) is 5.92 Å². The third-order valence-electron chi connectivity index (χ3n) is 2.61. The first-order valence-electron chi connectivity index (χ1n) is 6.31. The topological polar surface area (TPSA) is 44.3 Å². The second-order valence-corrected chi connectivity index (χ2v) is 5.23. The average Bonchev–Trinajstić information content (AvgIpc) is 2.36. The lowest BCUT2D eigenvalue weighted by atomic mass is 10.0. The number of hydrogen-bond acceptors (Lipinski definition) is 2. The highest BCUT2D eigenvalue weighted by Crippen LogP contribution is 2.04. The molecule has 0 saturated heterocycles. The smallest absolute Gasteiger partial charge is 0.166 e. The Morgan fingerprint density at radius 3 is 2.50 bits per heavy atom. The summed E-state index contributed by atoms with van der Waals surface area (Å²) in [7, 11) is 0. The third-order valence-corrected chi connectivity index (χ3v) is 2.87. The minimum absolute atomic E-state index is 0.0285. The van der Waals surface area contributed by atoms with Gasteiger partial charge in [0.15, 0.2) is 5.11 Å². The zero-order valence-corrected chi connectivity index (χ0v) is 11.8.